The van der Waals surface area contributed by atoms with Crippen LogP contribution in [0.2, 0.25) is 5.02 Å². The number of aromatic nitrogens is 1. The first-order valence-electron chi connectivity index (χ1n) is 12.8. The second-order valence-electron chi connectivity index (χ2n) is 9.17. The molecule has 0 radical (unpaired) electrons. The Hall–Kier alpha value is -4.42. The van der Waals surface area contributed by atoms with Crippen molar-refractivity contribution in [3.63, 3.8) is 0 Å². The lowest BCUT2D eigenvalue weighted by Gasteiger charge is -2.16. The molecule has 1 aliphatic rings. The van der Waals surface area contributed by atoms with Crippen molar-refractivity contribution in [3.05, 3.63) is 112 Å². The molecule has 1 aromatic heterocycles. The van der Waals surface area contributed by atoms with Crippen LogP contribution in [-0.2, 0) is 17.8 Å². The molecule has 0 saturated heterocycles. The number of halogens is 1. The van der Waals surface area contributed by atoms with E-state index in [9.17, 15) is 4.79 Å². The van der Waals surface area contributed by atoms with Crippen molar-refractivity contribution in [2.75, 3.05) is 13.4 Å². The molecular formula is C32H26ClNO5. The van der Waals surface area contributed by atoms with E-state index in [1.54, 1.807) is 13.0 Å². The lowest BCUT2D eigenvalue weighted by atomic mass is 9.94. The predicted molar refractivity (Wildman–Crippen MR) is 151 cm³/mol. The zero-order valence-corrected chi connectivity index (χ0v) is 22.1. The molecule has 0 aliphatic carbocycles. The van der Waals surface area contributed by atoms with Crippen LogP contribution >= 0.6 is 11.6 Å². The first-order chi connectivity index (χ1) is 19.1. The molecule has 0 saturated carbocycles. The van der Waals surface area contributed by atoms with Crippen molar-refractivity contribution in [3.8, 4) is 28.4 Å². The molecule has 0 unspecified atom stereocenters. The van der Waals surface area contributed by atoms with E-state index in [-0.39, 0.29) is 13.4 Å². The number of hydrogen-bond donors (Lipinski definition) is 1. The Morgan fingerprint density at radius 2 is 1.67 bits per heavy atom. The molecule has 6 nitrogen and oxygen atoms in total. The summed E-state index contributed by atoms with van der Waals surface area (Å²) in [6.45, 7) is 2.62. The van der Waals surface area contributed by atoms with Gasteiger partial charge in [-0.1, -0.05) is 72.3 Å². The molecule has 0 bridgehead atoms. The van der Waals surface area contributed by atoms with Gasteiger partial charge in [-0.2, -0.15) is 0 Å². The molecule has 0 atom stereocenters. The second kappa shape index (κ2) is 10.8. The first-order valence-corrected chi connectivity index (χ1v) is 13.1. The van der Waals surface area contributed by atoms with Crippen LogP contribution in [0.5, 0.6) is 17.2 Å². The molecular weight excluding hydrogens is 514 g/mol. The van der Waals surface area contributed by atoms with Gasteiger partial charge in [0, 0.05) is 39.5 Å². The van der Waals surface area contributed by atoms with Crippen molar-refractivity contribution < 1.29 is 23.7 Å². The molecule has 1 aliphatic heterocycles. The average molecular weight is 540 g/mol. The SMILES string of the molecule is CCOC(=O)c1[nH]c2ccc(OCc3ccccc3)c(Cc3cc4c(cc3Cl)OCO4)c2c1-c1ccccc1. The summed E-state index contributed by atoms with van der Waals surface area (Å²) < 4.78 is 23.0. The Kier molecular flexibility index (Phi) is 6.86. The monoisotopic (exact) mass is 539 g/mol. The Labute approximate surface area is 231 Å². The molecule has 39 heavy (non-hydrogen) atoms. The van der Waals surface area contributed by atoms with Crippen molar-refractivity contribution in [2.24, 2.45) is 0 Å². The number of aromatic amines is 1. The number of fused-ring (bicyclic) bond motifs is 2. The Morgan fingerprint density at radius 3 is 2.41 bits per heavy atom. The van der Waals surface area contributed by atoms with Crippen LogP contribution in [0.3, 0.4) is 0 Å². The third kappa shape index (κ3) is 4.91. The zero-order valence-electron chi connectivity index (χ0n) is 21.3. The molecule has 196 valence electrons. The number of hydrogen-bond acceptors (Lipinski definition) is 5. The fourth-order valence-electron chi connectivity index (χ4n) is 4.92. The lowest BCUT2D eigenvalue weighted by molar-refractivity contribution is 0.0521. The summed E-state index contributed by atoms with van der Waals surface area (Å²) in [5.74, 6) is 1.56. The van der Waals surface area contributed by atoms with Gasteiger partial charge in [-0.15, -0.1) is 0 Å². The van der Waals surface area contributed by atoms with Crippen molar-refractivity contribution >= 4 is 28.5 Å². The standard InChI is InChI=1S/C32H26ClNO5/c1-2-36-32(35)31-29(21-11-7-4-8-12-21)30-23(15-22-16-27-28(17-24(22)33)39-19-38-27)26(14-13-25(30)34-31)37-18-20-9-5-3-6-10-20/h3-14,16-17,34H,2,15,18-19H2,1H3. The Morgan fingerprint density at radius 1 is 0.949 bits per heavy atom. The number of ether oxygens (including phenoxy) is 4. The van der Waals surface area contributed by atoms with Crippen LogP contribution in [0.1, 0.15) is 34.1 Å². The van der Waals surface area contributed by atoms with E-state index in [0.717, 1.165) is 38.7 Å². The van der Waals surface area contributed by atoms with Crippen LogP contribution in [-0.4, -0.2) is 24.4 Å². The molecule has 5 aromatic rings. The van der Waals surface area contributed by atoms with Gasteiger partial charge < -0.3 is 23.9 Å². The summed E-state index contributed by atoms with van der Waals surface area (Å²) in [5, 5.41) is 1.44. The Balaban J connectivity index is 1.55. The van der Waals surface area contributed by atoms with E-state index < -0.39 is 5.97 Å². The maximum absolute atomic E-state index is 13.1. The van der Waals surface area contributed by atoms with Gasteiger partial charge in [0.15, 0.2) is 11.5 Å². The summed E-state index contributed by atoms with van der Waals surface area (Å²) in [5.41, 5.74) is 5.66. The summed E-state index contributed by atoms with van der Waals surface area (Å²) in [6, 6.07) is 27.4. The molecule has 4 aromatic carbocycles. The maximum Gasteiger partial charge on any atom is 0.355 e. The van der Waals surface area contributed by atoms with E-state index in [1.807, 2.05) is 78.9 Å². The van der Waals surface area contributed by atoms with Gasteiger partial charge in [-0.25, -0.2) is 4.79 Å². The molecule has 6 rings (SSSR count). The minimum absolute atomic E-state index is 0.162. The average Bonchev–Trinajstić information content (AvgIpc) is 3.58. The van der Waals surface area contributed by atoms with Crippen LogP contribution in [0.15, 0.2) is 84.9 Å². The predicted octanol–water partition coefficient (Wildman–Crippen LogP) is 7.56. The highest BCUT2D eigenvalue weighted by molar-refractivity contribution is 6.31. The van der Waals surface area contributed by atoms with Gasteiger partial charge in [-0.05, 0) is 41.8 Å². The highest BCUT2D eigenvalue weighted by atomic mass is 35.5. The molecule has 2 heterocycles. The van der Waals surface area contributed by atoms with Gasteiger partial charge in [-0.3, -0.25) is 0 Å². The zero-order chi connectivity index (χ0) is 26.8. The van der Waals surface area contributed by atoms with Crippen LogP contribution in [0.4, 0.5) is 0 Å². The van der Waals surface area contributed by atoms with Crippen molar-refractivity contribution in [1.29, 1.82) is 0 Å². The molecule has 0 fully saturated rings. The van der Waals surface area contributed by atoms with Crippen LogP contribution in [0.25, 0.3) is 22.0 Å². The topological polar surface area (TPSA) is 69.8 Å². The number of nitrogens with one attached hydrogen (secondary N) is 1. The second-order valence-corrected chi connectivity index (χ2v) is 9.58. The highest BCUT2D eigenvalue weighted by Crippen LogP contribution is 2.43. The number of carbonyl (C=O) groups excluding carboxylic acids is 1. The molecule has 1 N–H and O–H groups in total. The number of benzene rings is 4. The van der Waals surface area contributed by atoms with Crippen molar-refractivity contribution in [2.45, 2.75) is 20.0 Å². The number of H-pyrrole nitrogens is 1. The normalized spacial score (nSPS) is 12.1. The largest absolute Gasteiger partial charge is 0.489 e. The van der Waals surface area contributed by atoms with Gasteiger partial charge >= 0.3 is 5.97 Å². The number of rotatable bonds is 8. The fraction of sp³-hybridized carbons (Fsp3) is 0.156. The lowest BCUT2D eigenvalue weighted by Crippen LogP contribution is -2.06. The number of esters is 1. The summed E-state index contributed by atoms with van der Waals surface area (Å²) in [4.78, 5) is 16.4. The molecule has 0 amide bonds. The third-order valence-electron chi connectivity index (χ3n) is 6.72. The van der Waals surface area contributed by atoms with Crippen LogP contribution < -0.4 is 14.2 Å². The van der Waals surface area contributed by atoms with E-state index in [1.165, 1.54) is 0 Å². The quantitative estimate of drug-likeness (QED) is 0.206. The van der Waals surface area contributed by atoms with Crippen LogP contribution in [0, 0.1) is 0 Å². The maximum atomic E-state index is 13.1. The van der Waals surface area contributed by atoms with E-state index >= 15 is 0 Å². The fourth-order valence-corrected chi connectivity index (χ4v) is 5.14. The molecule has 0 spiro atoms. The summed E-state index contributed by atoms with van der Waals surface area (Å²) in [6.07, 6.45) is 0.441. The summed E-state index contributed by atoms with van der Waals surface area (Å²) in [7, 11) is 0. The minimum Gasteiger partial charge on any atom is -0.489 e. The van der Waals surface area contributed by atoms with Gasteiger partial charge in [0.25, 0.3) is 0 Å². The summed E-state index contributed by atoms with van der Waals surface area (Å²) >= 11 is 6.73. The third-order valence-corrected chi connectivity index (χ3v) is 7.07. The highest BCUT2D eigenvalue weighted by Gasteiger charge is 2.25. The molecule has 7 heteroatoms. The van der Waals surface area contributed by atoms with Gasteiger partial charge in [0.05, 0.1) is 6.61 Å². The van der Waals surface area contributed by atoms with Gasteiger partial charge in [0.2, 0.25) is 6.79 Å². The van der Waals surface area contributed by atoms with Gasteiger partial charge in [0.1, 0.15) is 18.1 Å². The number of carbonyl (C=O) groups is 1. The van der Waals surface area contributed by atoms with Crippen molar-refractivity contribution in [1.82, 2.24) is 4.98 Å². The smallest absolute Gasteiger partial charge is 0.355 e. The van der Waals surface area contributed by atoms with E-state index in [2.05, 4.69) is 4.98 Å². The Bertz CT molecular complexity index is 1650. The first kappa shape index (κ1) is 24.9. The van der Waals surface area contributed by atoms with E-state index in [4.69, 9.17) is 30.5 Å². The minimum atomic E-state index is -0.411. The van der Waals surface area contributed by atoms with E-state index in [0.29, 0.717) is 41.0 Å².